The molecule has 1 aromatic heterocycles. The Bertz CT molecular complexity index is 1030. The fourth-order valence-corrected chi connectivity index (χ4v) is 3.95. The molecule has 0 fully saturated rings. The van der Waals surface area contributed by atoms with Gasteiger partial charge in [-0.3, -0.25) is 14.6 Å². The molecular weight excluding hydrogens is 414 g/mol. The lowest BCUT2D eigenvalue weighted by Crippen LogP contribution is -2.26. The first-order valence-corrected chi connectivity index (χ1v) is 11.3. The zero-order valence-corrected chi connectivity index (χ0v) is 19.8. The number of aliphatic imine (C=N–C) groups is 1. The number of nitrogens with one attached hydrogen (secondary N) is 1. The van der Waals surface area contributed by atoms with E-state index < -0.39 is 10.8 Å². The van der Waals surface area contributed by atoms with E-state index >= 15 is 0 Å². The summed E-state index contributed by atoms with van der Waals surface area (Å²) in [5.74, 6) is 0.279. The highest BCUT2D eigenvalue weighted by Crippen LogP contribution is 2.30. The van der Waals surface area contributed by atoms with Gasteiger partial charge in [-0.15, -0.1) is 11.8 Å². The second-order valence-corrected chi connectivity index (χ2v) is 10.9. The van der Waals surface area contributed by atoms with Crippen molar-refractivity contribution in [1.29, 1.82) is 0 Å². The summed E-state index contributed by atoms with van der Waals surface area (Å²) in [6.07, 6.45) is 0. The van der Waals surface area contributed by atoms with Crippen molar-refractivity contribution < 1.29 is 19.1 Å². The average Bonchev–Trinajstić information content (AvgIpc) is 3.29. The predicted octanol–water partition coefficient (Wildman–Crippen LogP) is 4.29. The number of benzene rings is 1. The van der Waals surface area contributed by atoms with E-state index in [1.54, 1.807) is 11.8 Å². The van der Waals surface area contributed by atoms with Crippen molar-refractivity contribution in [2.24, 2.45) is 15.8 Å². The molecule has 168 valence electrons. The van der Waals surface area contributed by atoms with Gasteiger partial charge in [-0.1, -0.05) is 0 Å². The SMILES string of the molecule is CC(C)(C)C(=O)OCc1cc(N)c2[nH]c(C3=NC(COC(=O)C(C)(C)C)CS3)cc2c1. The molecular formula is C23H31N3O4S. The fraction of sp³-hybridized carbons (Fsp3) is 0.522. The average molecular weight is 446 g/mol. The molecule has 1 unspecified atom stereocenters. The summed E-state index contributed by atoms with van der Waals surface area (Å²) in [7, 11) is 0. The number of nitrogens with zero attached hydrogens (tertiary/aromatic N) is 1. The number of ether oxygens (including phenoxy) is 2. The Balaban J connectivity index is 1.72. The third kappa shape index (κ3) is 5.61. The number of carbonyl (C=O) groups is 2. The number of anilines is 1. The van der Waals surface area contributed by atoms with Crippen molar-refractivity contribution in [1.82, 2.24) is 4.98 Å². The van der Waals surface area contributed by atoms with Gasteiger partial charge in [0, 0.05) is 11.1 Å². The van der Waals surface area contributed by atoms with Gasteiger partial charge in [0.05, 0.1) is 33.8 Å². The quantitative estimate of drug-likeness (QED) is 0.525. The van der Waals surface area contributed by atoms with Crippen molar-refractivity contribution in [3.63, 3.8) is 0 Å². The third-order valence-electron chi connectivity index (χ3n) is 4.76. The Hall–Kier alpha value is -2.48. The number of hydrogen-bond donors (Lipinski definition) is 2. The van der Waals surface area contributed by atoms with Gasteiger partial charge in [0.25, 0.3) is 0 Å². The number of H-pyrrole nitrogens is 1. The van der Waals surface area contributed by atoms with E-state index in [0.29, 0.717) is 5.69 Å². The molecule has 8 heteroatoms. The van der Waals surface area contributed by atoms with Gasteiger partial charge in [0.1, 0.15) is 18.3 Å². The predicted molar refractivity (Wildman–Crippen MR) is 125 cm³/mol. The molecule has 1 aliphatic rings. The zero-order valence-electron chi connectivity index (χ0n) is 19.0. The van der Waals surface area contributed by atoms with Gasteiger partial charge >= 0.3 is 11.9 Å². The van der Waals surface area contributed by atoms with Crippen LogP contribution in [-0.2, 0) is 25.7 Å². The lowest BCUT2D eigenvalue weighted by atomic mass is 9.97. The number of thioether (sulfide) groups is 1. The van der Waals surface area contributed by atoms with Crippen molar-refractivity contribution in [3.05, 3.63) is 29.5 Å². The van der Waals surface area contributed by atoms with Crippen LogP contribution in [0.2, 0.25) is 0 Å². The smallest absolute Gasteiger partial charge is 0.311 e. The molecule has 0 bridgehead atoms. The first-order valence-electron chi connectivity index (χ1n) is 10.3. The van der Waals surface area contributed by atoms with Crippen molar-refractivity contribution in [3.8, 4) is 0 Å². The Morgan fingerprint density at radius 1 is 1.10 bits per heavy atom. The third-order valence-corrected chi connectivity index (χ3v) is 5.91. The van der Waals surface area contributed by atoms with Crippen molar-refractivity contribution in [2.75, 3.05) is 18.1 Å². The number of fused-ring (bicyclic) bond motifs is 1. The molecule has 0 radical (unpaired) electrons. The maximum absolute atomic E-state index is 12.0. The van der Waals surface area contributed by atoms with E-state index in [1.807, 2.05) is 59.7 Å². The normalized spacial score (nSPS) is 17.0. The van der Waals surface area contributed by atoms with Crippen LogP contribution in [0.3, 0.4) is 0 Å². The first-order chi connectivity index (χ1) is 14.3. The van der Waals surface area contributed by atoms with Crippen LogP contribution in [-0.4, -0.2) is 40.4 Å². The standard InChI is InChI=1S/C23H31N3O4S/c1-22(2,3)20(27)29-10-13-7-14-9-17(26-18(14)16(24)8-13)19-25-15(12-31-19)11-30-21(28)23(4,5)6/h7-9,15,26H,10-12,24H2,1-6H3. The van der Waals surface area contributed by atoms with E-state index in [-0.39, 0.29) is 31.2 Å². The minimum Gasteiger partial charge on any atom is -0.463 e. The number of carbonyl (C=O) groups excluding carboxylic acids is 2. The van der Waals surface area contributed by atoms with Crippen LogP contribution in [0, 0.1) is 10.8 Å². The van der Waals surface area contributed by atoms with Crippen molar-refractivity contribution in [2.45, 2.75) is 54.2 Å². The first kappa shape index (κ1) is 23.2. The van der Waals surface area contributed by atoms with E-state index in [9.17, 15) is 9.59 Å². The van der Waals surface area contributed by atoms with Crippen LogP contribution < -0.4 is 5.73 Å². The molecule has 2 heterocycles. The molecule has 3 N–H and O–H groups in total. The molecule has 7 nitrogen and oxygen atoms in total. The summed E-state index contributed by atoms with van der Waals surface area (Å²) >= 11 is 1.62. The van der Waals surface area contributed by atoms with Gasteiger partial charge in [-0.05, 0) is 65.3 Å². The highest BCUT2D eigenvalue weighted by atomic mass is 32.2. The van der Waals surface area contributed by atoms with Crippen LogP contribution in [0.5, 0.6) is 0 Å². The van der Waals surface area contributed by atoms with E-state index in [0.717, 1.165) is 33.0 Å². The number of aromatic amines is 1. The number of nitrogens with two attached hydrogens (primary N) is 1. The largest absolute Gasteiger partial charge is 0.463 e. The summed E-state index contributed by atoms with van der Waals surface area (Å²) in [5, 5.41) is 1.80. The minimum atomic E-state index is -0.549. The van der Waals surface area contributed by atoms with Gasteiger partial charge < -0.3 is 20.2 Å². The van der Waals surface area contributed by atoms with Crippen molar-refractivity contribution >= 4 is 45.3 Å². The lowest BCUT2D eigenvalue weighted by molar-refractivity contribution is -0.154. The summed E-state index contributed by atoms with van der Waals surface area (Å²) in [5.41, 5.74) is 8.29. The van der Waals surface area contributed by atoms with Crippen LogP contribution in [0.25, 0.3) is 10.9 Å². The highest BCUT2D eigenvalue weighted by molar-refractivity contribution is 8.14. The van der Waals surface area contributed by atoms with Crippen LogP contribution in [0.15, 0.2) is 23.2 Å². The molecule has 2 aromatic rings. The highest BCUT2D eigenvalue weighted by Gasteiger charge is 2.27. The summed E-state index contributed by atoms with van der Waals surface area (Å²) < 4.78 is 10.8. The Morgan fingerprint density at radius 2 is 1.74 bits per heavy atom. The number of nitrogen functional groups attached to an aromatic ring is 1. The zero-order chi connectivity index (χ0) is 23.0. The summed E-state index contributed by atoms with van der Waals surface area (Å²) in [6, 6.07) is 5.71. The topological polar surface area (TPSA) is 107 Å². The Morgan fingerprint density at radius 3 is 2.39 bits per heavy atom. The number of aromatic nitrogens is 1. The number of rotatable bonds is 5. The second kappa shape index (κ2) is 8.57. The Labute approximate surface area is 187 Å². The molecule has 0 aliphatic carbocycles. The van der Waals surface area contributed by atoms with Crippen LogP contribution >= 0.6 is 11.8 Å². The monoisotopic (exact) mass is 445 g/mol. The molecule has 0 spiro atoms. The van der Waals surface area contributed by atoms with E-state index in [4.69, 9.17) is 20.2 Å². The lowest BCUT2D eigenvalue weighted by Gasteiger charge is -2.17. The summed E-state index contributed by atoms with van der Waals surface area (Å²) in [4.78, 5) is 32.1. The molecule has 0 amide bonds. The maximum atomic E-state index is 12.0. The molecule has 3 rings (SSSR count). The van der Waals surface area contributed by atoms with Gasteiger partial charge in [-0.2, -0.15) is 0 Å². The molecule has 1 aliphatic heterocycles. The van der Waals surface area contributed by atoms with Gasteiger partial charge in [0.2, 0.25) is 0 Å². The molecule has 1 aromatic carbocycles. The van der Waals surface area contributed by atoms with E-state index in [1.165, 1.54) is 0 Å². The Kier molecular flexibility index (Phi) is 6.41. The fourth-order valence-electron chi connectivity index (χ4n) is 2.94. The molecule has 31 heavy (non-hydrogen) atoms. The second-order valence-electron chi connectivity index (χ2n) is 9.91. The van der Waals surface area contributed by atoms with E-state index in [2.05, 4.69) is 4.98 Å². The van der Waals surface area contributed by atoms with Crippen LogP contribution in [0.4, 0.5) is 5.69 Å². The maximum Gasteiger partial charge on any atom is 0.311 e. The minimum absolute atomic E-state index is 0.0672. The molecule has 0 saturated heterocycles. The van der Waals surface area contributed by atoms with Gasteiger partial charge in [0.15, 0.2) is 0 Å². The molecule has 1 atom stereocenters. The van der Waals surface area contributed by atoms with Gasteiger partial charge in [-0.25, -0.2) is 0 Å². The van der Waals surface area contributed by atoms with Crippen LogP contribution in [0.1, 0.15) is 52.8 Å². The summed E-state index contributed by atoms with van der Waals surface area (Å²) in [6.45, 7) is 11.4. The number of hydrogen-bond acceptors (Lipinski definition) is 7. The number of esters is 2. The molecule has 0 saturated carbocycles.